The molecule has 1 aliphatic rings. The number of hydrogen-bond donors (Lipinski definition) is 0. The largest absolute Gasteiger partial charge is 0.309 e. The van der Waals surface area contributed by atoms with E-state index >= 15 is 0 Å². The molecule has 1 nitrogen and oxygen atoms in total. The Labute approximate surface area is 230 Å². The summed E-state index contributed by atoms with van der Waals surface area (Å²) in [5, 5.41) is 7.95. The van der Waals surface area contributed by atoms with Gasteiger partial charge in [-0.05, 0) is 69.4 Å². The summed E-state index contributed by atoms with van der Waals surface area (Å²) in [4.78, 5) is 0. The number of benzene rings is 6. The van der Waals surface area contributed by atoms with Gasteiger partial charge >= 0.3 is 0 Å². The van der Waals surface area contributed by atoms with Crippen LogP contribution in [0, 0.1) is 0 Å². The molecule has 3 heterocycles. The Morgan fingerprint density at radius 2 is 1.31 bits per heavy atom. The van der Waals surface area contributed by atoms with Crippen LogP contribution in [-0.2, 0) is 5.41 Å². The first kappa shape index (κ1) is 21.5. The molecule has 39 heavy (non-hydrogen) atoms. The summed E-state index contributed by atoms with van der Waals surface area (Å²) in [6, 6.07) is 43.1. The topological polar surface area (TPSA) is 4.93 Å². The van der Waals surface area contributed by atoms with Gasteiger partial charge in [-0.1, -0.05) is 92.7 Å². The molecule has 0 radical (unpaired) electrons. The van der Waals surface area contributed by atoms with Gasteiger partial charge in [-0.15, -0.1) is 11.3 Å². The Morgan fingerprint density at radius 3 is 2.18 bits per heavy atom. The Kier molecular flexibility index (Phi) is 4.07. The molecule has 0 amide bonds. The maximum atomic E-state index is 2.54. The van der Waals surface area contributed by atoms with Crippen LogP contribution in [0.3, 0.4) is 0 Å². The van der Waals surface area contributed by atoms with E-state index in [9.17, 15) is 0 Å². The second-order valence-corrected chi connectivity index (χ2v) is 12.5. The van der Waals surface area contributed by atoms with E-state index in [0.717, 1.165) is 0 Å². The van der Waals surface area contributed by atoms with Crippen molar-refractivity contribution >= 4 is 64.1 Å². The van der Waals surface area contributed by atoms with Crippen molar-refractivity contribution < 1.29 is 0 Å². The van der Waals surface area contributed by atoms with Gasteiger partial charge in [0, 0.05) is 36.4 Å². The lowest BCUT2D eigenvalue weighted by atomic mass is 9.73. The van der Waals surface area contributed by atoms with E-state index in [-0.39, 0.29) is 5.41 Å². The fourth-order valence-corrected chi connectivity index (χ4v) is 8.13. The molecule has 0 saturated heterocycles. The second kappa shape index (κ2) is 7.37. The van der Waals surface area contributed by atoms with Crippen LogP contribution in [0.2, 0.25) is 0 Å². The van der Waals surface area contributed by atoms with Gasteiger partial charge in [-0.3, -0.25) is 0 Å². The number of fused-ring (bicyclic) bond motifs is 9. The molecule has 0 fully saturated rings. The first-order valence-electron chi connectivity index (χ1n) is 13.6. The lowest BCUT2D eigenvalue weighted by Gasteiger charge is -2.35. The van der Waals surface area contributed by atoms with Crippen molar-refractivity contribution in [2.24, 2.45) is 0 Å². The van der Waals surface area contributed by atoms with Crippen LogP contribution in [-0.4, -0.2) is 4.57 Å². The van der Waals surface area contributed by atoms with Crippen molar-refractivity contribution in [1.82, 2.24) is 4.57 Å². The molecule has 0 spiro atoms. The molecule has 9 rings (SSSR count). The van der Waals surface area contributed by atoms with E-state index in [4.69, 9.17) is 0 Å². The molecular weight excluding hydrogens is 490 g/mol. The van der Waals surface area contributed by atoms with E-state index in [1.165, 1.54) is 80.7 Å². The summed E-state index contributed by atoms with van der Waals surface area (Å²) in [6.45, 7) is 4.78. The molecule has 2 heteroatoms. The summed E-state index contributed by atoms with van der Waals surface area (Å²) < 4.78 is 5.23. The van der Waals surface area contributed by atoms with Crippen molar-refractivity contribution in [1.29, 1.82) is 0 Å². The quantitative estimate of drug-likeness (QED) is 0.205. The number of hydrogen-bond acceptors (Lipinski definition) is 1. The number of rotatable bonds is 1. The third kappa shape index (κ3) is 2.74. The van der Waals surface area contributed by atoms with Crippen molar-refractivity contribution in [2.45, 2.75) is 19.3 Å². The van der Waals surface area contributed by atoms with Crippen LogP contribution in [0.5, 0.6) is 0 Å². The van der Waals surface area contributed by atoms with Gasteiger partial charge < -0.3 is 4.57 Å². The van der Waals surface area contributed by atoms with Gasteiger partial charge in [0.15, 0.2) is 0 Å². The number of para-hydroxylation sites is 1. The third-order valence-electron chi connectivity index (χ3n) is 8.96. The molecule has 0 saturated carbocycles. The Bertz CT molecular complexity index is 2310. The highest BCUT2D eigenvalue weighted by Crippen LogP contribution is 2.51. The molecule has 0 atom stereocenters. The van der Waals surface area contributed by atoms with Crippen LogP contribution in [0.25, 0.3) is 69.6 Å². The minimum absolute atomic E-state index is 0.117. The molecule has 0 bridgehead atoms. The van der Waals surface area contributed by atoms with Crippen LogP contribution in [0.15, 0.2) is 115 Å². The molecule has 2 aromatic heterocycles. The maximum absolute atomic E-state index is 2.54. The lowest BCUT2D eigenvalue weighted by molar-refractivity contribution is 0.631. The highest BCUT2D eigenvalue weighted by molar-refractivity contribution is 7.25. The highest BCUT2D eigenvalue weighted by atomic mass is 32.1. The van der Waals surface area contributed by atoms with E-state index in [0.29, 0.717) is 0 Å². The zero-order chi connectivity index (χ0) is 25.9. The minimum Gasteiger partial charge on any atom is -0.309 e. The number of thiophene rings is 1. The van der Waals surface area contributed by atoms with E-state index in [1.54, 1.807) is 0 Å². The molecule has 1 aliphatic heterocycles. The van der Waals surface area contributed by atoms with E-state index in [2.05, 4.69) is 134 Å². The Morgan fingerprint density at radius 1 is 0.590 bits per heavy atom. The highest BCUT2D eigenvalue weighted by Gasteiger charge is 2.36. The predicted molar refractivity (Wildman–Crippen MR) is 169 cm³/mol. The van der Waals surface area contributed by atoms with Crippen molar-refractivity contribution in [3.8, 4) is 16.8 Å². The predicted octanol–water partition coefficient (Wildman–Crippen LogP) is 10.6. The summed E-state index contributed by atoms with van der Waals surface area (Å²) in [6.07, 6.45) is 0. The lowest BCUT2D eigenvalue weighted by Crippen LogP contribution is -2.26. The molecular formula is C37H25NS. The molecule has 0 aliphatic carbocycles. The molecule has 8 aromatic rings. The van der Waals surface area contributed by atoms with Crippen LogP contribution < -0.4 is 0 Å². The van der Waals surface area contributed by atoms with Crippen molar-refractivity contribution in [3.05, 3.63) is 126 Å². The molecule has 184 valence electrons. The third-order valence-corrected chi connectivity index (χ3v) is 10.1. The van der Waals surface area contributed by atoms with E-state index < -0.39 is 0 Å². The molecule has 6 aromatic carbocycles. The monoisotopic (exact) mass is 515 g/mol. The normalized spacial score (nSPS) is 14.1. The fourth-order valence-electron chi connectivity index (χ4n) is 7.04. The zero-order valence-corrected chi connectivity index (χ0v) is 22.6. The van der Waals surface area contributed by atoms with Gasteiger partial charge in [-0.2, -0.15) is 0 Å². The minimum atomic E-state index is -0.117. The first-order valence-corrected chi connectivity index (χ1v) is 14.4. The smallest absolute Gasteiger partial charge is 0.0588 e. The van der Waals surface area contributed by atoms with E-state index in [1.807, 2.05) is 11.3 Å². The standard InChI is InChI=1S/C37H25NS/c1-37(2)29-17-16-25(24-15-18-34-28(19-24)26-11-6-8-14-33(26)39-34)35-27-12-5-7-13-31(27)38(36(29)35)32-21-23-10-4-3-9-22(23)20-30(32)37/h3-21H,1-2H3. The Hall–Kier alpha value is -4.40. The summed E-state index contributed by atoms with van der Waals surface area (Å²) in [5.74, 6) is 0. The number of aromatic nitrogens is 1. The second-order valence-electron chi connectivity index (χ2n) is 11.4. The van der Waals surface area contributed by atoms with Crippen LogP contribution in [0.4, 0.5) is 0 Å². The Balaban J connectivity index is 1.43. The van der Waals surface area contributed by atoms with Gasteiger partial charge in [0.25, 0.3) is 0 Å². The maximum Gasteiger partial charge on any atom is 0.0588 e. The van der Waals surface area contributed by atoms with Gasteiger partial charge in [-0.25, -0.2) is 0 Å². The van der Waals surface area contributed by atoms with Gasteiger partial charge in [0.2, 0.25) is 0 Å². The van der Waals surface area contributed by atoms with Gasteiger partial charge in [0.1, 0.15) is 0 Å². The summed E-state index contributed by atoms with van der Waals surface area (Å²) >= 11 is 1.88. The summed E-state index contributed by atoms with van der Waals surface area (Å²) in [5.41, 5.74) is 9.16. The van der Waals surface area contributed by atoms with Crippen molar-refractivity contribution in [2.75, 3.05) is 0 Å². The van der Waals surface area contributed by atoms with Crippen LogP contribution >= 0.6 is 11.3 Å². The van der Waals surface area contributed by atoms with Crippen molar-refractivity contribution in [3.63, 3.8) is 0 Å². The molecule has 0 unspecified atom stereocenters. The SMILES string of the molecule is CC1(C)c2cc3ccccc3cc2-n2c3ccccc3c3c(-c4ccc5sc6ccccc6c5c4)ccc1c32. The van der Waals surface area contributed by atoms with Gasteiger partial charge in [0.05, 0.1) is 16.7 Å². The average molecular weight is 516 g/mol. The first-order chi connectivity index (χ1) is 19.1. The molecule has 0 N–H and O–H groups in total. The average Bonchev–Trinajstić information content (AvgIpc) is 3.51. The zero-order valence-electron chi connectivity index (χ0n) is 21.8. The van der Waals surface area contributed by atoms with Crippen LogP contribution in [0.1, 0.15) is 25.0 Å². The fraction of sp³-hybridized carbons (Fsp3) is 0.0811. The number of nitrogens with zero attached hydrogens (tertiary/aromatic N) is 1. The summed E-state index contributed by atoms with van der Waals surface area (Å²) in [7, 11) is 0.